The van der Waals surface area contributed by atoms with Gasteiger partial charge in [0.2, 0.25) is 5.91 Å². The van der Waals surface area contributed by atoms with E-state index in [2.05, 4.69) is 17.6 Å². The van der Waals surface area contributed by atoms with Crippen LogP contribution in [0.3, 0.4) is 0 Å². The number of piperidine rings is 1. The Bertz CT molecular complexity index is 243. The predicted molar refractivity (Wildman–Crippen MR) is 62.1 cm³/mol. The van der Waals surface area contributed by atoms with E-state index in [9.17, 15) is 4.79 Å². The van der Waals surface area contributed by atoms with Gasteiger partial charge in [-0.3, -0.25) is 4.79 Å². The normalized spacial score (nSPS) is 28.9. The van der Waals surface area contributed by atoms with E-state index in [1.165, 1.54) is 0 Å². The van der Waals surface area contributed by atoms with Crippen LogP contribution >= 0.6 is 0 Å². The van der Waals surface area contributed by atoms with Crippen LogP contribution in [0.5, 0.6) is 0 Å². The number of hydrogen-bond donors (Lipinski definition) is 2. The lowest BCUT2D eigenvalue weighted by Crippen LogP contribution is -2.46. The molecular weight excluding hydrogens is 204 g/mol. The Hall–Kier alpha value is -0.610. The van der Waals surface area contributed by atoms with Crippen LogP contribution in [-0.4, -0.2) is 38.8 Å². The van der Waals surface area contributed by atoms with Crippen LogP contribution in [0.1, 0.15) is 26.2 Å². The van der Waals surface area contributed by atoms with Gasteiger partial charge < -0.3 is 15.4 Å². The molecule has 0 saturated carbocycles. The Morgan fingerprint density at radius 1 is 1.50 bits per heavy atom. The van der Waals surface area contributed by atoms with Gasteiger partial charge in [0.15, 0.2) is 0 Å². The summed E-state index contributed by atoms with van der Waals surface area (Å²) in [7, 11) is 0. The molecule has 2 aliphatic heterocycles. The first kappa shape index (κ1) is 11.9. The van der Waals surface area contributed by atoms with Crippen LogP contribution in [0, 0.1) is 11.3 Å². The number of nitrogens with one attached hydrogen (secondary N) is 2. The highest BCUT2D eigenvalue weighted by atomic mass is 16.5. The molecule has 0 aromatic rings. The monoisotopic (exact) mass is 226 g/mol. The van der Waals surface area contributed by atoms with Crippen molar-refractivity contribution in [2.45, 2.75) is 26.2 Å². The fourth-order valence-corrected chi connectivity index (χ4v) is 2.40. The van der Waals surface area contributed by atoms with Gasteiger partial charge in [-0.05, 0) is 32.4 Å². The molecular formula is C12H22N2O2. The number of carbonyl (C=O) groups is 1. The highest BCUT2D eigenvalue weighted by Crippen LogP contribution is 2.28. The van der Waals surface area contributed by atoms with Crippen molar-refractivity contribution in [3.8, 4) is 0 Å². The number of amides is 1. The standard InChI is InChI=1S/C12H22N2O2/c1-12(3-5-13-6-4-12)11(15)14-8-10-2-7-16-9-10/h10,13H,2-9H2,1H3,(H,14,15). The van der Waals surface area contributed by atoms with Crippen LogP contribution in [0.4, 0.5) is 0 Å². The van der Waals surface area contributed by atoms with E-state index < -0.39 is 0 Å². The van der Waals surface area contributed by atoms with Crippen LogP contribution in [-0.2, 0) is 9.53 Å². The average Bonchev–Trinajstić information content (AvgIpc) is 2.79. The number of ether oxygens (including phenoxy) is 1. The summed E-state index contributed by atoms with van der Waals surface area (Å²) in [6.07, 6.45) is 2.97. The first-order valence-electron chi connectivity index (χ1n) is 6.27. The maximum absolute atomic E-state index is 12.1. The van der Waals surface area contributed by atoms with Gasteiger partial charge in [0.05, 0.1) is 6.61 Å². The molecule has 0 aromatic carbocycles. The molecule has 0 bridgehead atoms. The van der Waals surface area contributed by atoms with Crippen molar-refractivity contribution in [2.75, 3.05) is 32.8 Å². The Balaban J connectivity index is 1.77. The molecule has 2 heterocycles. The zero-order chi connectivity index (χ0) is 11.4. The third-order valence-electron chi connectivity index (χ3n) is 3.83. The van der Waals surface area contributed by atoms with Gasteiger partial charge in [-0.25, -0.2) is 0 Å². The number of carbonyl (C=O) groups excluding carboxylic acids is 1. The second kappa shape index (κ2) is 5.15. The van der Waals surface area contributed by atoms with E-state index in [0.717, 1.165) is 52.1 Å². The van der Waals surface area contributed by atoms with Crippen molar-refractivity contribution in [1.29, 1.82) is 0 Å². The maximum Gasteiger partial charge on any atom is 0.226 e. The van der Waals surface area contributed by atoms with E-state index in [1.807, 2.05) is 0 Å². The lowest BCUT2D eigenvalue weighted by molar-refractivity contribution is -0.131. The second-order valence-corrected chi connectivity index (χ2v) is 5.25. The van der Waals surface area contributed by atoms with E-state index >= 15 is 0 Å². The molecule has 2 N–H and O–H groups in total. The minimum atomic E-state index is -0.162. The summed E-state index contributed by atoms with van der Waals surface area (Å²) in [5, 5.41) is 6.38. The van der Waals surface area contributed by atoms with E-state index in [1.54, 1.807) is 0 Å². The minimum Gasteiger partial charge on any atom is -0.381 e. The molecule has 2 fully saturated rings. The topological polar surface area (TPSA) is 50.4 Å². The molecule has 0 aromatic heterocycles. The summed E-state index contributed by atoms with van der Waals surface area (Å²) in [5.74, 6) is 0.746. The number of rotatable bonds is 3. The van der Waals surface area contributed by atoms with Crippen molar-refractivity contribution in [3.05, 3.63) is 0 Å². The van der Waals surface area contributed by atoms with Gasteiger partial charge >= 0.3 is 0 Å². The van der Waals surface area contributed by atoms with Crippen LogP contribution in [0.15, 0.2) is 0 Å². The minimum absolute atomic E-state index is 0.162. The summed E-state index contributed by atoms with van der Waals surface area (Å²) >= 11 is 0. The molecule has 92 valence electrons. The second-order valence-electron chi connectivity index (χ2n) is 5.25. The Labute approximate surface area is 97.1 Å². The SMILES string of the molecule is CC1(C(=O)NCC2CCOC2)CCNCC1. The lowest BCUT2D eigenvalue weighted by Gasteiger charge is -2.32. The van der Waals surface area contributed by atoms with Gasteiger partial charge in [0, 0.05) is 24.5 Å². The summed E-state index contributed by atoms with van der Waals surface area (Å²) < 4.78 is 5.30. The van der Waals surface area contributed by atoms with E-state index in [-0.39, 0.29) is 11.3 Å². The Morgan fingerprint density at radius 2 is 2.25 bits per heavy atom. The lowest BCUT2D eigenvalue weighted by atomic mass is 9.80. The Morgan fingerprint density at radius 3 is 2.88 bits per heavy atom. The van der Waals surface area contributed by atoms with Crippen LogP contribution in [0.2, 0.25) is 0 Å². The molecule has 2 rings (SSSR count). The third-order valence-corrected chi connectivity index (χ3v) is 3.83. The summed E-state index contributed by atoms with van der Waals surface area (Å²) in [5.41, 5.74) is -0.162. The van der Waals surface area contributed by atoms with Crippen LogP contribution < -0.4 is 10.6 Å². The molecule has 0 radical (unpaired) electrons. The first-order chi connectivity index (χ1) is 7.71. The Kier molecular flexibility index (Phi) is 3.82. The fraction of sp³-hybridized carbons (Fsp3) is 0.917. The van der Waals surface area contributed by atoms with Crippen molar-refractivity contribution >= 4 is 5.91 Å². The van der Waals surface area contributed by atoms with Gasteiger partial charge in [-0.2, -0.15) is 0 Å². The van der Waals surface area contributed by atoms with Gasteiger partial charge in [0.25, 0.3) is 0 Å². The molecule has 0 spiro atoms. The maximum atomic E-state index is 12.1. The molecule has 4 heteroatoms. The van der Waals surface area contributed by atoms with Gasteiger partial charge in [0.1, 0.15) is 0 Å². The smallest absolute Gasteiger partial charge is 0.226 e. The van der Waals surface area contributed by atoms with Crippen molar-refractivity contribution < 1.29 is 9.53 Å². The molecule has 16 heavy (non-hydrogen) atoms. The largest absolute Gasteiger partial charge is 0.381 e. The molecule has 2 saturated heterocycles. The van der Waals surface area contributed by atoms with E-state index in [0.29, 0.717) is 5.92 Å². The molecule has 4 nitrogen and oxygen atoms in total. The molecule has 2 aliphatic rings. The predicted octanol–water partition coefficient (Wildman–Crippen LogP) is 0.529. The van der Waals surface area contributed by atoms with Crippen molar-refractivity contribution in [2.24, 2.45) is 11.3 Å². The van der Waals surface area contributed by atoms with E-state index in [4.69, 9.17) is 4.74 Å². The van der Waals surface area contributed by atoms with Gasteiger partial charge in [-0.15, -0.1) is 0 Å². The van der Waals surface area contributed by atoms with Crippen LogP contribution in [0.25, 0.3) is 0 Å². The molecule has 1 amide bonds. The number of hydrogen-bond acceptors (Lipinski definition) is 3. The summed E-state index contributed by atoms with van der Waals surface area (Å²) in [6.45, 7) is 6.42. The summed E-state index contributed by atoms with van der Waals surface area (Å²) in [6, 6.07) is 0. The highest BCUT2D eigenvalue weighted by Gasteiger charge is 2.34. The first-order valence-corrected chi connectivity index (χ1v) is 6.27. The van der Waals surface area contributed by atoms with Crippen molar-refractivity contribution in [3.63, 3.8) is 0 Å². The molecule has 0 aliphatic carbocycles. The molecule has 1 atom stereocenters. The zero-order valence-corrected chi connectivity index (χ0v) is 10.1. The van der Waals surface area contributed by atoms with Crippen molar-refractivity contribution in [1.82, 2.24) is 10.6 Å². The third kappa shape index (κ3) is 2.74. The fourth-order valence-electron chi connectivity index (χ4n) is 2.40. The van der Waals surface area contributed by atoms with Gasteiger partial charge in [-0.1, -0.05) is 6.92 Å². The highest BCUT2D eigenvalue weighted by molar-refractivity contribution is 5.82. The zero-order valence-electron chi connectivity index (χ0n) is 10.1. The average molecular weight is 226 g/mol. The summed E-state index contributed by atoms with van der Waals surface area (Å²) in [4.78, 5) is 12.1. The quantitative estimate of drug-likeness (QED) is 0.738. The molecule has 1 unspecified atom stereocenters.